The van der Waals surface area contributed by atoms with Crippen molar-refractivity contribution in [1.82, 2.24) is 10.3 Å². The maximum Gasteiger partial charge on any atom is 0.140 e. The first-order chi connectivity index (χ1) is 9.89. The molecule has 0 aromatic carbocycles. The minimum absolute atomic E-state index is 0.259. The second-order valence-electron chi connectivity index (χ2n) is 6.08. The van der Waals surface area contributed by atoms with E-state index in [4.69, 9.17) is 9.40 Å². The van der Waals surface area contributed by atoms with Gasteiger partial charge in [-0.15, -0.1) is 0 Å². The second-order valence-corrected chi connectivity index (χ2v) is 6.08. The van der Waals surface area contributed by atoms with Gasteiger partial charge in [0.2, 0.25) is 0 Å². The van der Waals surface area contributed by atoms with Crippen molar-refractivity contribution in [3.63, 3.8) is 0 Å². The Hall–Kier alpha value is -1.55. The number of anilines is 1. The van der Waals surface area contributed by atoms with Gasteiger partial charge in [0.15, 0.2) is 0 Å². The Bertz CT molecular complexity index is 592. The largest absolute Gasteiger partial charge is 0.464 e. The molecule has 0 bridgehead atoms. The first kappa shape index (κ1) is 12.2. The van der Waals surface area contributed by atoms with Gasteiger partial charge in [0.1, 0.15) is 11.4 Å². The van der Waals surface area contributed by atoms with Gasteiger partial charge in [0.05, 0.1) is 17.2 Å². The van der Waals surface area contributed by atoms with E-state index in [-0.39, 0.29) is 5.54 Å². The van der Waals surface area contributed by atoms with Crippen molar-refractivity contribution in [2.24, 2.45) is 0 Å². The van der Waals surface area contributed by atoms with Crippen molar-refractivity contribution in [1.29, 1.82) is 0 Å². The van der Waals surface area contributed by atoms with E-state index < -0.39 is 0 Å². The van der Waals surface area contributed by atoms with Gasteiger partial charge in [0.25, 0.3) is 0 Å². The number of nitrogens with one attached hydrogen (secondary N) is 1. The average Bonchev–Trinajstić information content (AvgIpc) is 2.97. The number of rotatable bonds is 1. The van der Waals surface area contributed by atoms with Crippen LogP contribution in [0.25, 0.3) is 11.0 Å². The van der Waals surface area contributed by atoms with E-state index in [1.54, 1.807) is 6.26 Å². The minimum Gasteiger partial charge on any atom is -0.464 e. The van der Waals surface area contributed by atoms with Crippen molar-refractivity contribution in [2.75, 3.05) is 24.5 Å². The van der Waals surface area contributed by atoms with Crippen molar-refractivity contribution in [2.45, 2.75) is 37.6 Å². The zero-order valence-electron chi connectivity index (χ0n) is 11.8. The lowest BCUT2D eigenvalue weighted by Crippen LogP contribution is -2.62. The van der Waals surface area contributed by atoms with Gasteiger partial charge in [-0.1, -0.05) is 19.3 Å². The molecule has 3 heterocycles. The number of furan rings is 1. The predicted molar refractivity (Wildman–Crippen MR) is 80.0 cm³/mol. The Kier molecular flexibility index (Phi) is 2.91. The van der Waals surface area contributed by atoms with E-state index >= 15 is 0 Å². The summed E-state index contributed by atoms with van der Waals surface area (Å²) in [4.78, 5) is 7.25. The van der Waals surface area contributed by atoms with Crippen molar-refractivity contribution >= 4 is 16.8 Å². The van der Waals surface area contributed by atoms with E-state index in [0.717, 1.165) is 36.4 Å². The van der Waals surface area contributed by atoms with E-state index in [1.807, 2.05) is 12.3 Å². The van der Waals surface area contributed by atoms with Crippen LogP contribution in [0.4, 0.5) is 5.82 Å². The molecule has 4 nitrogen and oxygen atoms in total. The van der Waals surface area contributed by atoms with Crippen LogP contribution in [0.3, 0.4) is 0 Å². The average molecular weight is 271 g/mol. The highest BCUT2D eigenvalue weighted by Crippen LogP contribution is 2.39. The van der Waals surface area contributed by atoms with Crippen LogP contribution in [0.2, 0.25) is 0 Å². The summed E-state index contributed by atoms with van der Waals surface area (Å²) in [6, 6.07) is 4.00. The first-order valence-corrected chi connectivity index (χ1v) is 7.70. The van der Waals surface area contributed by atoms with E-state index in [9.17, 15) is 0 Å². The first-order valence-electron chi connectivity index (χ1n) is 7.70. The molecule has 0 unspecified atom stereocenters. The number of aromatic nitrogens is 1. The van der Waals surface area contributed by atoms with Crippen LogP contribution in [0.5, 0.6) is 0 Å². The summed E-state index contributed by atoms with van der Waals surface area (Å²) in [7, 11) is 0. The monoisotopic (exact) mass is 271 g/mol. The molecule has 1 aliphatic carbocycles. The summed E-state index contributed by atoms with van der Waals surface area (Å²) in [5.74, 6) is 1.11. The lowest BCUT2D eigenvalue weighted by atomic mass is 9.79. The minimum atomic E-state index is 0.259. The van der Waals surface area contributed by atoms with Crippen molar-refractivity contribution in [3.05, 3.63) is 24.6 Å². The number of pyridine rings is 1. The van der Waals surface area contributed by atoms with Gasteiger partial charge in [0, 0.05) is 25.8 Å². The molecule has 0 radical (unpaired) electrons. The molecule has 1 spiro atoms. The highest BCUT2D eigenvalue weighted by Gasteiger charge is 2.40. The SMILES string of the molecule is c1cc2occc2c(N2CCNCC23CCCCC3)n1. The fourth-order valence-corrected chi connectivity index (χ4v) is 3.93. The highest BCUT2D eigenvalue weighted by molar-refractivity contribution is 5.88. The molecule has 106 valence electrons. The third-order valence-electron chi connectivity index (χ3n) is 4.94. The summed E-state index contributed by atoms with van der Waals surface area (Å²) in [6.07, 6.45) is 10.2. The zero-order chi connectivity index (χ0) is 13.4. The summed E-state index contributed by atoms with van der Waals surface area (Å²) < 4.78 is 5.54. The van der Waals surface area contributed by atoms with E-state index in [2.05, 4.69) is 16.3 Å². The van der Waals surface area contributed by atoms with Gasteiger partial charge < -0.3 is 14.6 Å². The van der Waals surface area contributed by atoms with Gasteiger partial charge in [-0.2, -0.15) is 0 Å². The Balaban J connectivity index is 1.79. The molecule has 1 saturated carbocycles. The molecule has 4 heteroatoms. The van der Waals surface area contributed by atoms with Crippen molar-refractivity contribution in [3.8, 4) is 0 Å². The summed E-state index contributed by atoms with van der Waals surface area (Å²) in [6.45, 7) is 3.16. The van der Waals surface area contributed by atoms with Crippen LogP contribution >= 0.6 is 0 Å². The van der Waals surface area contributed by atoms with Crippen LogP contribution < -0.4 is 10.2 Å². The number of piperazine rings is 1. The molecule has 1 saturated heterocycles. The molecule has 2 aliphatic rings. The van der Waals surface area contributed by atoms with Crippen LogP contribution in [0.15, 0.2) is 29.0 Å². The number of nitrogens with zero attached hydrogens (tertiary/aromatic N) is 2. The summed E-state index contributed by atoms with van der Waals surface area (Å²) in [5, 5.41) is 4.75. The number of hydrogen-bond acceptors (Lipinski definition) is 4. The Morgan fingerprint density at radius 1 is 1.20 bits per heavy atom. The molecular formula is C16H21N3O. The lowest BCUT2D eigenvalue weighted by molar-refractivity contribution is 0.240. The molecular weight excluding hydrogens is 250 g/mol. The molecule has 1 N–H and O–H groups in total. The highest BCUT2D eigenvalue weighted by atomic mass is 16.3. The van der Waals surface area contributed by atoms with Crippen LogP contribution in [-0.2, 0) is 0 Å². The number of hydrogen-bond donors (Lipinski definition) is 1. The fourth-order valence-electron chi connectivity index (χ4n) is 3.93. The summed E-state index contributed by atoms with van der Waals surface area (Å²) >= 11 is 0. The third kappa shape index (κ3) is 1.82. The van der Waals surface area contributed by atoms with Gasteiger partial charge in [-0.3, -0.25) is 0 Å². The normalized spacial score (nSPS) is 22.5. The molecule has 2 aromatic heterocycles. The molecule has 2 aromatic rings. The van der Waals surface area contributed by atoms with E-state index in [1.165, 1.54) is 32.1 Å². The molecule has 1 aliphatic heterocycles. The van der Waals surface area contributed by atoms with Crippen LogP contribution in [0.1, 0.15) is 32.1 Å². The topological polar surface area (TPSA) is 41.3 Å². The smallest absolute Gasteiger partial charge is 0.140 e. The number of fused-ring (bicyclic) bond motifs is 1. The van der Waals surface area contributed by atoms with Crippen molar-refractivity contribution < 1.29 is 4.42 Å². The summed E-state index contributed by atoms with van der Waals surface area (Å²) in [5.41, 5.74) is 1.20. The maximum atomic E-state index is 5.54. The van der Waals surface area contributed by atoms with Crippen LogP contribution in [-0.4, -0.2) is 30.2 Å². The Morgan fingerprint density at radius 3 is 3.00 bits per heavy atom. The Labute approximate surface area is 119 Å². The van der Waals surface area contributed by atoms with Gasteiger partial charge in [-0.25, -0.2) is 4.98 Å². The van der Waals surface area contributed by atoms with Gasteiger partial charge in [-0.05, 0) is 25.0 Å². The quantitative estimate of drug-likeness (QED) is 0.866. The van der Waals surface area contributed by atoms with Crippen LogP contribution in [0, 0.1) is 0 Å². The molecule has 0 atom stereocenters. The lowest BCUT2D eigenvalue weighted by Gasteiger charge is -2.50. The van der Waals surface area contributed by atoms with E-state index in [0.29, 0.717) is 0 Å². The standard InChI is InChI=1S/C16H21N3O/c1-2-6-16(7-3-1)12-17-9-10-19(16)15-13-5-11-20-14(13)4-8-18-15/h4-5,8,11,17H,1-3,6-7,9-10,12H2. The Morgan fingerprint density at radius 2 is 2.10 bits per heavy atom. The fraction of sp³-hybridized carbons (Fsp3) is 0.562. The predicted octanol–water partition coefficient (Wildman–Crippen LogP) is 2.94. The van der Waals surface area contributed by atoms with Gasteiger partial charge >= 0.3 is 0 Å². The molecule has 0 amide bonds. The molecule has 2 fully saturated rings. The maximum absolute atomic E-state index is 5.54. The molecule has 4 rings (SSSR count). The zero-order valence-corrected chi connectivity index (χ0v) is 11.8. The molecule has 20 heavy (non-hydrogen) atoms. The second kappa shape index (κ2) is 4.77. The third-order valence-corrected chi connectivity index (χ3v) is 4.94.